The van der Waals surface area contributed by atoms with E-state index < -0.39 is 29.4 Å². The van der Waals surface area contributed by atoms with Crippen LogP contribution in [-0.2, 0) is 23.9 Å². The van der Waals surface area contributed by atoms with E-state index in [4.69, 9.17) is 9.47 Å². The first kappa shape index (κ1) is 13.7. The van der Waals surface area contributed by atoms with Gasteiger partial charge >= 0.3 is 11.9 Å². The maximum atomic E-state index is 11.9. The van der Waals surface area contributed by atoms with Gasteiger partial charge < -0.3 is 9.47 Å². The molecule has 0 N–H and O–H groups in total. The van der Waals surface area contributed by atoms with Crippen molar-refractivity contribution in [1.82, 2.24) is 0 Å². The summed E-state index contributed by atoms with van der Waals surface area (Å²) in [6, 6.07) is 0. The van der Waals surface area contributed by atoms with E-state index in [-0.39, 0.29) is 12.4 Å². The molecule has 1 saturated heterocycles. The van der Waals surface area contributed by atoms with Crippen LogP contribution >= 0.6 is 0 Å². The van der Waals surface area contributed by atoms with Gasteiger partial charge in [-0.05, 0) is 34.1 Å². The number of ketones is 1. The molecule has 0 saturated carbocycles. The van der Waals surface area contributed by atoms with Gasteiger partial charge in [0.2, 0.25) is 0 Å². The van der Waals surface area contributed by atoms with Crippen molar-refractivity contribution in [1.29, 1.82) is 0 Å². The van der Waals surface area contributed by atoms with Gasteiger partial charge in [0.05, 0.1) is 12.5 Å². The van der Waals surface area contributed by atoms with E-state index in [0.717, 1.165) is 0 Å². The van der Waals surface area contributed by atoms with Gasteiger partial charge in [0, 0.05) is 0 Å². The Kier molecular flexibility index (Phi) is 3.91. The van der Waals surface area contributed by atoms with Gasteiger partial charge in [-0.2, -0.15) is 0 Å². The third kappa shape index (κ3) is 3.54. The number of hydrogen-bond donors (Lipinski definition) is 0. The summed E-state index contributed by atoms with van der Waals surface area (Å²) in [7, 11) is 0. The molecule has 0 aromatic carbocycles. The summed E-state index contributed by atoms with van der Waals surface area (Å²) in [5, 5.41) is 0. The summed E-state index contributed by atoms with van der Waals surface area (Å²) in [6.45, 7) is 6.70. The lowest BCUT2D eigenvalue weighted by Gasteiger charge is -2.24. The molecule has 1 fully saturated rings. The van der Waals surface area contributed by atoms with E-state index in [2.05, 4.69) is 0 Å². The van der Waals surface area contributed by atoms with Crippen LogP contribution in [0.5, 0.6) is 0 Å². The normalized spacial score (nSPS) is 21.9. The SMILES string of the molecule is CC(=O)C(C(=O)OC(C)(C)C)C1CCOC1=O. The number of carbonyl (C=O) groups is 3. The zero-order chi connectivity index (χ0) is 13.2. The number of rotatable bonds is 3. The number of ether oxygens (including phenoxy) is 2. The second-order valence-corrected chi connectivity index (χ2v) is 5.18. The van der Waals surface area contributed by atoms with Crippen molar-refractivity contribution in [3.05, 3.63) is 0 Å². The maximum absolute atomic E-state index is 11.9. The van der Waals surface area contributed by atoms with Crippen LogP contribution in [0.3, 0.4) is 0 Å². The van der Waals surface area contributed by atoms with E-state index in [1.165, 1.54) is 6.92 Å². The van der Waals surface area contributed by atoms with Crippen molar-refractivity contribution in [3.63, 3.8) is 0 Å². The molecular formula is C12H18O5. The molecule has 0 amide bonds. The fourth-order valence-electron chi connectivity index (χ4n) is 1.79. The van der Waals surface area contributed by atoms with Crippen molar-refractivity contribution >= 4 is 17.7 Å². The molecule has 2 unspecified atom stereocenters. The van der Waals surface area contributed by atoms with Crippen LogP contribution in [-0.4, -0.2) is 29.9 Å². The average molecular weight is 242 g/mol. The van der Waals surface area contributed by atoms with Crippen molar-refractivity contribution in [2.75, 3.05) is 6.61 Å². The first-order valence-corrected chi connectivity index (χ1v) is 5.62. The van der Waals surface area contributed by atoms with Crippen molar-refractivity contribution in [2.45, 2.75) is 39.7 Å². The van der Waals surface area contributed by atoms with Gasteiger partial charge in [-0.15, -0.1) is 0 Å². The van der Waals surface area contributed by atoms with Crippen LogP contribution in [0.2, 0.25) is 0 Å². The Morgan fingerprint density at radius 3 is 2.35 bits per heavy atom. The minimum atomic E-state index is -1.04. The summed E-state index contributed by atoms with van der Waals surface area (Å²) in [4.78, 5) is 34.8. The molecule has 17 heavy (non-hydrogen) atoms. The molecule has 1 aliphatic rings. The van der Waals surface area contributed by atoms with Gasteiger partial charge in [-0.1, -0.05) is 0 Å². The van der Waals surface area contributed by atoms with Crippen LogP contribution < -0.4 is 0 Å². The smallest absolute Gasteiger partial charge is 0.317 e. The van der Waals surface area contributed by atoms with E-state index in [9.17, 15) is 14.4 Å². The number of cyclic esters (lactones) is 1. The third-order valence-electron chi connectivity index (χ3n) is 2.48. The van der Waals surface area contributed by atoms with Crippen LogP contribution in [0.4, 0.5) is 0 Å². The van der Waals surface area contributed by atoms with E-state index in [1.807, 2.05) is 0 Å². The second-order valence-electron chi connectivity index (χ2n) is 5.18. The van der Waals surface area contributed by atoms with Crippen molar-refractivity contribution in [3.8, 4) is 0 Å². The molecule has 0 bridgehead atoms. The Balaban J connectivity index is 2.83. The molecule has 2 atom stereocenters. The molecule has 1 rings (SSSR count). The topological polar surface area (TPSA) is 69.7 Å². The zero-order valence-corrected chi connectivity index (χ0v) is 10.6. The summed E-state index contributed by atoms with van der Waals surface area (Å²) in [6.07, 6.45) is 0.391. The van der Waals surface area contributed by atoms with Gasteiger partial charge in [-0.25, -0.2) is 0 Å². The largest absolute Gasteiger partial charge is 0.465 e. The van der Waals surface area contributed by atoms with E-state index in [1.54, 1.807) is 20.8 Å². The molecule has 0 aromatic heterocycles. The predicted octanol–water partition coefficient (Wildman–Crippen LogP) is 1.10. The first-order valence-electron chi connectivity index (χ1n) is 5.62. The molecule has 96 valence electrons. The zero-order valence-electron chi connectivity index (χ0n) is 10.6. The van der Waals surface area contributed by atoms with Crippen LogP contribution in [0, 0.1) is 11.8 Å². The highest BCUT2D eigenvalue weighted by Gasteiger charge is 2.43. The molecule has 0 spiro atoms. The molecule has 1 heterocycles. The lowest BCUT2D eigenvalue weighted by Crippen LogP contribution is -2.37. The second kappa shape index (κ2) is 4.85. The third-order valence-corrected chi connectivity index (χ3v) is 2.48. The summed E-state index contributed by atoms with van der Waals surface area (Å²) < 4.78 is 9.93. The molecule has 0 radical (unpaired) electrons. The lowest BCUT2D eigenvalue weighted by atomic mass is 9.88. The minimum absolute atomic E-state index is 0.260. The Morgan fingerprint density at radius 2 is 2.00 bits per heavy atom. The van der Waals surface area contributed by atoms with E-state index >= 15 is 0 Å². The number of Topliss-reactive ketones (excluding diaryl/α,β-unsaturated/α-hetero) is 1. The number of esters is 2. The molecule has 1 aliphatic heterocycles. The molecule has 5 nitrogen and oxygen atoms in total. The van der Waals surface area contributed by atoms with Gasteiger partial charge in [-0.3, -0.25) is 14.4 Å². The molecule has 0 aromatic rings. The fraction of sp³-hybridized carbons (Fsp3) is 0.750. The monoisotopic (exact) mass is 242 g/mol. The first-order chi connectivity index (χ1) is 7.72. The van der Waals surface area contributed by atoms with Crippen LogP contribution in [0.1, 0.15) is 34.1 Å². The lowest BCUT2D eigenvalue weighted by molar-refractivity contribution is -0.167. The number of carbonyl (C=O) groups excluding carboxylic acids is 3. The highest BCUT2D eigenvalue weighted by molar-refractivity contribution is 6.01. The highest BCUT2D eigenvalue weighted by atomic mass is 16.6. The molecule has 0 aliphatic carbocycles. The van der Waals surface area contributed by atoms with E-state index in [0.29, 0.717) is 6.42 Å². The molecule has 5 heteroatoms. The maximum Gasteiger partial charge on any atom is 0.317 e. The van der Waals surface area contributed by atoms with Crippen LogP contribution in [0.15, 0.2) is 0 Å². The fourth-order valence-corrected chi connectivity index (χ4v) is 1.79. The van der Waals surface area contributed by atoms with Gasteiger partial charge in [0.25, 0.3) is 0 Å². The Bertz CT molecular complexity index is 339. The van der Waals surface area contributed by atoms with Gasteiger partial charge in [0.15, 0.2) is 0 Å². The summed E-state index contributed by atoms with van der Waals surface area (Å²) in [5.41, 5.74) is -0.673. The Labute approximate surface area is 100 Å². The quantitative estimate of drug-likeness (QED) is 0.547. The summed E-state index contributed by atoms with van der Waals surface area (Å²) in [5.74, 6) is -3.22. The summed E-state index contributed by atoms with van der Waals surface area (Å²) >= 11 is 0. The van der Waals surface area contributed by atoms with Crippen LogP contribution in [0.25, 0.3) is 0 Å². The Morgan fingerprint density at radius 1 is 1.41 bits per heavy atom. The predicted molar refractivity (Wildman–Crippen MR) is 59.1 cm³/mol. The van der Waals surface area contributed by atoms with Crippen molar-refractivity contribution < 1.29 is 23.9 Å². The standard InChI is InChI=1S/C12H18O5/c1-7(13)9(8-5-6-16-10(8)14)11(15)17-12(2,3)4/h8-9H,5-6H2,1-4H3. The molecular weight excluding hydrogens is 224 g/mol. The average Bonchev–Trinajstić information content (AvgIpc) is 2.48. The van der Waals surface area contributed by atoms with Gasteiger partial charge in [0.1, 0.15) is 17.3 Å². The highest BCUT2D eigenvalue weighted by Crippen LogP contribution is 2.27. The van der Waals surface area contributed by atoms with Crippen molar-refractivity contribution in [2.24, 2.45) is 11.8 Å². The minimum Gasteiger partial charge on any atom is -0.465 e. The number of hydrogen-bond acceptors (Lipinski definition) is 5. The Hall–Kier alpha value is -1.39.